The van der Waals surface area contributed by atoms with Gasteiger partial charge in [-0.2, -0.15) is 0 Å². The van der Waals surface area contributed by atoms with E-state index in [0.29, 0.717) is 24.6 Å². The summed E-state index contributed by atoms with van der Waals surface area (Å²) in [4.78, 5) is 4.42. The van der Waals surface area contributed by atoms with E-state index >= 15 is 0 Å². The molecule has 7 nitrogen and oxygen atoms in total. The second-order valence-corrected chi connectivity index (χ2v) is 8.01. The Bertz CT molecular complexity index is 719. The van der Waals surface area contributed by atoms with E-state index in [-0.39, 0.29) is 24.1 Å². The van der Waals surface area contributed by atoms with Crippen LogP contribution in [0.3, 0.4) is 0 Å². The lowest BCUT2D eigenvalue weighted by atomic mass is 10.2. The minimum Gasteiger partial charge on any atom is -0.376 e. The van der Waals surface area contributed by atoms with E-state index in [1.165, 1.54) is 18.2 Å². The lowest BCUT2D eigenvalue weighted by molar-refractivity contribution is 0.117. The number of nitrogens with one attached hydrogen (secondary N) is 3. The summed E-state index contributed by atoms with van der Waals surface area (Å²) in [5.74, 6) is -0.0501. The SMILES string of the molecule is CCNC(=NCC1CCCO1)NCCS(=O)(=O)Nc1ccc(C)c(F)c1. The number of nitrogens with zero attached hydrogens (tertiary/aromatic N) is 1. The Hall–Kier alpha value is -1.87. The highest BCUT2D eigenvalue weighted by atomic mass is 32.2. The molecule has 1 atom stereocenters. The standard InChI is InChI=1S/C17H27FN4O3S/c1-3-19-17(21-12-15-5-4-9-25-15)20-8-10-26(23,24)22-14-7-6-13(2)16(18)11-14/h6-7,11,15,22H,3-5,8-10,12H2,1-2H3,(H2,19,20,21). The lowest BCUT2D eigenvalue weighted by Gasteiger charge is -2.13. The van der Waals surface area contributed by atoms with E-state index in [4.69, 9.17) is 4.74 Å². The Balaban J connectivity index is 1.84. The Kier molecular flexibility index (Phi) is 7.65. The largest absolute Gasteiger partial charge is 0.376 e. The van der Waals surface area contributed by atoms with Crippen LogP contribution in [0, 0.1) is 12.7 Å². The first-order valence-electron chi connectivity index (χ1n) is 8.80. The fourth-order valence-corrected chi connectivity index (χ4v) is 3.47. The second-order valence-electron chi connectivity index (χ2n) is 6.17. The van der Waals surface area contributed by atoms with Crippen LogP contribution in [-0.2, 0) is 14.8 Å². The summed E-state index contributed by atoms with van der Waals surface area (Å²) in [6.07, 6.45) is 2.18. The van der Waals surface area contributed by atoms with Gasteiger partial charge in [-0.25, -0.2) is 12.8 Å². The average Bonchev–Trinajstić information content (AvgIpc) is 3.09. The first-order valence-corrected chi connectivity index (χ1v) is 10.5. The van der Waals surface area contributed by atoms with Crippen molar-refractivity contribution in [2.75, 3.05) is 36.7 Å². The topological polar surface area (TPSA) is 91.8 Å². The van der Waals surface area contributed by atoms with Crippen molar-refractivity contribution in [3.05, 3.63) is 29.6 Å². The maximum Gasteiger partial charge on any atom is 0.234 e. The number of guanidine groups is 1. The van der Waals surface area contributed by atoms with Gasteiger partial charge in [-0.1, -0.05) is 6.07 Å². The first kappa shape index (κ1) is 20.4. The zero-order chi connectivity index (χ0) is 19.0. The molecule has 0 aromatic heterocycles. The van der Waals surface area contributed by atoms with Gasteiger partial charge in [0.25, 0.3) is 0 Å². The Morgan fingerprint density at radius 1 is 1.38 bits per heavy atom. The van der Waals surface area contributed by atoms with Crippen LogP contribution in [0.1, 0.15) is 25.3 Å². The minimum absolute atomic E-state index is 0.132. The maximum atomic E-state index is 13.5. The van der Waals surface area contributed by atoms with Gasteiger partial charge in [-0.3, -0.25) is 9.71 Å². The monoisotopic (exact) mass is 386 g/mol. The number of rotatable bonds is 8. The van der Waals surface area contributed by atoms with E-state index in [0.717, 1.165) is 19.4 Å². The molecule has 0 bridgehead atoms. The molecule has 1 aliphatic rings. The van der Waals surface area contributed by atoms with Gasteiger partial charge in [0.05, 0.1) is 24.1 Å². The van der Waals surface area contributed by atoms with Crippen molar-refractivity contribution < 1.29 is 17.5 Å². The number of anilines is 1. The smallest absolute Gasteiger partial charge is 0.234 e. The van der Waals surface area contributed by atoms with Crippen LogP contribution >= 0.6 is 0 Å². The van der Waals surface area contributed by atoms with Crippen molar-refractivity contribution in [3.63, 3.8) is 0 Å². The number of aryl methyl sites for hydroxylation is 1. The van der Waals surface area contributed by atoms with Crippen molar-refractivity contribution >= 4 is 21.7 Å². The number of hydrogen-bond acceptors (Lipinski definition) is 4. The summed E-state index contributed by atoms with van der Waals surface area (Å²) in [5, 5.41) is 6.07. The van der Waals surface area contributed by atoms with Crippen LogP contribution in [0.2, 0.25) is 0 Å². The van der Waals surface area contributed by atoms with Crippen LogP contribution in [0.4, 0.5) is 10.1 Å². The molecular formula is C17H27FN4O3S. The molecule has 0 radical (unpaired) electrons. The van der Waals surface area contributed by atoms with E-state index in [2.05, 4.69) is 20.3 Å². The van der Waals surface area contributed by atoms with Crippen LogP contribution in [0.5, 0.6) is 0 Å². The highest BCUT2D eigenvalue weighted by Crippen LogP contribution is 2.15. The van der Waals surface area contributed by atoms with Gasteiger partial charge >= 0.3 is 0 Å². The van der Waals surface area contributed by atoms with E-state index < -0.39 is 15.8 Å². The van der Waals surface area contributed by atoms with Crippen molar-refractivity contribution in [3.8, 4) is 0 Å². The van der Waals surface area contributed by atoms with Gasteiger partial charge in [-0.15, -0.1) is 0 Å². The number of aliphatic imine (C=N–C) groups is 1. The molecule has 1 saturated heterocycles. The van der Waals surface area contributed by atoms with Gasteiger partial charge in [0.2, 0.25) is 10.0 Å². The molecule has 3 N–H and O–H groups in total. The molecule has 2 rings (SSSR count). The molecule has 0 spiro atoms. The van der Waals surface area contributed by atoms with Gasteiger partial charge in [0, 0.05) is 19.7 Å². The zero-order valence-electron chi connectivity index (χ0n) is 15.2. The minimum atomic E-state index is -3.59. The maximum absolute atomic E-state index is 13.5. The molecule has 1 aliphatic heterocycles. The summed E-state index contributed by atoms with van der Waals surface area (Å²) in [6, 6.07) is 4.25. The van der Waals surface area contributed by atoms with Crippen molar-refractivity contribution in [2.45, 2.75) is 32.8 Å². The fourth-order valence-electron chi connectivity index (χ4n) is 2.51. The van der Waals surface area contributed by atoms with Crippen LogP contribution in [0.25, 0.3) is 0 Å². The second kappa shape index (κ2) is 9.72. The van der Waals surface area contributed by atoms with E-state index in [9.17, 15) is 12.8 Å². The third-order valence-electron chi connectivity index (χ3n) is 3.93. The van der Waals surface area contributed by atoms with Crippen LogP contribution < -0.4 is 15.4 Å². The van der Waals surface area contributed by atoms with Crippen molar-refractivity contribution in [1.82, 2.24) is 10.6 Å². The number of hydrogen-bond donors (Lipinski definition) is 3. The van der Waals surface area contributed by atoms with Gasteiger partial charge in [0.1, 0.15) is 5.82 Å². The summed E-state index contributed by atoms with van der Waals surface area (Å²) in [5.41, 5.74) is 0.680. The summed E-state index contributed by atoms with van der Waals surface area (Å²) in [7, 11) is -3.59. The van der Waals surface area contributed by atoms with Gasteiger partial charge in [0.15, 0.2) is 5.96 Å². The van der Waals surface area contributed by atoms with Crippen LogP contribution in [0.15, 0.2) is 23.2 Å². The molecular weight excluding hydrogens is 359 g/mol. The predicted molar refractivity (Wildman–Crippen MR) is 102 cm³/mol. The summed E-state index contributed by atoms with van der Waals surface area (Å²) < 4.78 is 45.7. The van der Waals surface area contributed by atoms with E-state index in [1.54, 1.807) is 6.92 Å². The Morgan fingerprint density at radius 2 is 2.19 bits per heavy atom. The molecule has 0 aliphatic carbocycles. The average molecular weight is 386 g/mol. The Labute approximate surface area is 154 Å². The summed E-state index contributed by atoms with van der Waals surface area (Å²) >= 11 is 0. The fraction of sp³-hybridized carbons (Fsp3) is 0.588. The van der Waals surface area contributed by atoms with Crippen molar-refractivity contribution in [2.24, 2.45) is 4.99 Å². The molecule has 0 amide bonds. The molecule has 1 unspecified atom stereocenters. The summed E-state index contributed by atoms with van der Waals surface area (Å²) in [6.45, 7) is 5.73. The number of ether oxygens (including phenoxy) is 1. The molecule has 0 saturated carbocycles. The molecule has 1 heterocycles. The quantitative estimate of drug-likeness (QED) is 0.466. The van der Waals surface area contributed by atoms with Crippen LogP contribution in [-0.4, -0.2) is 52.5 Å². The van der Waals surface area contributed by atoms with E-state index in [1.807, 2.05) is 6.92 Å². The molecule has 1 fully saturated rings. The molecule has 9 heteroatoms. The molecule has 1 aromatic rings. The highest BCUT2D eigenvalue weighted by molar-refractivity contribution is 7.92. The molecule has 146 valence electrons. The normalized spacial score (nSPS) is 18.0. The number of halogens is 1. The number of benzene rings is 1. The zero-order valence-corrected chi connectivity index (χ0v) is 16.0. The molecule has 26 heavy (non-hydrogen) atoms. The highest BCUT2D eigenvalue weighted by Gasteiger charge is 2.15. The third kappa shape index (κ3) is 6.80. The van der Waals surface area contributed by atoms with Gasteiger partial charge in [-0.05, 0) is 44.4 Å². The van der Waals surface area contributed by atoms with Crippen molar-refractivity contribution in [1.29, 1.82) is 0 Å². The third-order valence-corrected chi connectivity index (χ3v) is 5.22. The first-order chi connectivity index (χ1) is 12.4. The number of sulfonamides is 1. The van der Waals surface area contributed by atoms with Gasteiger partial charge < -0.3 is 15.4 Å². The predicted octanol–water partition coefficient (Wildman–Crippen LogP) is 1.61. The molecule has 1 aromatic carbocycles. The Morgan fingerprint density at radius 3 is 2.85 bits per heavy atom. The lowest BCUT2D eigenvalue weighted by Crippen LogP contribution is -2.40.